The largest absolute Gasteiger partial charge is 0.457 e. The van der Waals surface area contributed by atoms with E-state index >= 15 is 0 Å². The lowest BCUT2D eigenvalue weighted by molar-refractivity contribution is 0.0592. The molecule has 10 heteroatoms. The molecule has 7 aromatic carbocycles. The summed E-state index contributed by atoms with van der Waals surface area (Å²) in [6, 6.07) is 26.4. The van der Waals surface area contributed by atoms with Gasteiger partial charge >= 0.3 is 0 Å². The van der Waals surface area contributed by atoms with Crippen molar-refractivity contribution in [1.29, 1.82) is 0 Å². The molecule has 2 heterocycles. The Hall–Kier alpha value is -4.82. The fourth-order valence-corrected chi connectivity index (χ4v) is 9.43. The van der Waals surface area contributed by atoms with Gasteiger partial charge in [0.05, 0.1) is 11.1 Å². The molecule has 7 aromatic rings. The molecule has 9 rings (SSSR count). The van der Waals surface area contributed by atoms with Crippen LogP contribution >= 0.6 is 45.2 Å². The second-order valence-electron chi connectivity index (χ2n) is 15.2. The number of ether oxygens (including phenoxy) is 2. The molecule has 0 N–H and O–H groups in total. The summed E-state index contributed by atoms with van der Waals surface area (Å²) in [5, 5.41) is 5.32. The van der Waals surface area contributed by atoms with Crippen LogP contribution in [0.1, 0.15) is 107 Å². The number of halogens is 2. The van der Waals surface area contributed by atoms with Crippen molar-refractivity contribution in [3.63, 3.8) is 0 Å². The maximum atomic E-state index is 14.5. The fraction of sp³-hybridized carbons (Fsp3) is 0.250. The summed E-state index contributed by atoms with van der Waals surface area (Å²) in [5.74, 6) is 0.585. The number of hydrogen-bond donors (Lipinski definition) is 0. The molecule has 0 fully saturated rings. The molecule has 0 unspecified atom stereocenters. The Labute approximate surface area is 363 Å². The van der Waals surface area contributed by atoms with Gasteiger partial charge in [-0.3, -0.25) is 29.0 Å². The van der Waals surface area contributed by atoms with Gasteiger partial charge in [0.1, 0.15) is 23.0 Å². The number of carbonyl (C=O) groups is 4. The molecule has 0 atom stereocenters. The molecule has 0 radical (unpaired) electrons. The summed E-state index contributed by atoms with van der Waals surface area (Å²) in [5.41, 5.74) is 1.68. The first-order valence-electron chi connectivity index (χ1n) is 20.1. The predicted octanol–water partition coefficient (Wildman–Crippen LogP) is 12.9. The van der Waals surface area contributed by atoms with Gasteiger partial charge in [-0.1, -0.05) is 64.5 Å². The van der Waals surface area contributed by atoms with Crippen LogP contribution in [0.25, 0.3) is 43.1 Å². The molecule has 0 spiro atoms. The molecule has 4 amide bonds. The van der Waals surface area contributed by atoms with Crippen LogP contribution in [-0.4, -0.2) is 46.5 Å². The van der Waals surface area contributed by atoms with Gasteiger partial charge in [-0.25, -0.2) is 0 Å². The van der Waals surface area contributed by atoms with Crippen LogP contribution in [-0.2, 0) is 0 Å². The number of amides is 4. The highest BCUT2D eigenvalue weighted by Gasteiger charge is 2.39. The Kier molecular flexibility index (Phi) is 10.5. The minimum absolute atomic E-state index is 0.320. The van der Waals surface area contributed by atoms with E-state index in [1.807, 2.05) is 72.8 Å². The van der Waals surface area contributed by atoms with Gasteiger partial charge in [0.25, 0.3) is 23.6 Å². The van der Waals surface area contributed by atoms with Gasteiger partial charge in [0.2, 0.25) is 0 Å². The van der Waals surface area contributed by atoms with Crippen LogP contribution in [0, 0.1) is 7.14 Å². The first-order valence-corrected chi connectivity index (χ1v) is 22.2. The second kappa shape index (κ2) is 15.7. The summed E-state index contributed by atoms with van der Waals surface area (Å²) in [6.07, 6.45) is 7.42. The minimum Gasteiger partial charge on any atom is -0.457 e. The van der Waals surface area contributed by atoms with Crippen molar-refractivity contribution in [1.82, 2.24) is 9.80 Å². The van der Waals surface area contributed by atoms with Crippen LogP contribution in [0.5, 0.6) is 23.0 Å². The quantitative estimate of drug-likeness (QED) is 0.0354. The fourth-order valence-electron chi connectivity index (χ4n) is 8.71. The van der Waals surface area contributed by atoms with E-state index in [4.69, 9.17) is 9.47 Å². The lowest BCUT2D eigenvalue weighted by atomic mass is 9.81. The molecule has 0 aliphatic carbocycles. The van der Waals surface area contributed by atoms with Crippen LogP contribution < -0.4 is 9.47 Å². The third-order valence-corrected chi connectivity index (χ3v) is 12.9. The number of benzene rings is 7. The number of hydrogen-bond acceptors (Lipinski definition) is 6. The van der Waals surface area contributed by atoms with E-state index in [2.05, 4.69) is 59.0 Å². The number of imide groups is 2. The Morgan fingerprint density at radius 2 is 0.810 bits per heavy atom. The van der Waals surface area contributed by atoms with Gasteiger partial charge < -0.3 is 9.47 Å². The monoisotopic (exact) mass is 994 g/mol. The van der Waals surface area contributed by atoms with E-state index in [-0.39, 0.29) is 23.6 Å². The maximum Gasteiger partial charge on any atom is 0.261 e. The van der Waals surface area contributed by atoms with Crippen molar-refractivity contribution < 1.29 is 28.7 Å². The topological polar surface area (TPSA) is 93.2 Å². The van der Waals surface area contributed by atoms with Crippen LogP contribution in [0.3, 0.4) is 0 Å². The Morgan fingerprint density at radius 3 is 1.19 bits per heavy atom. The summed E-state index contributed by atoms with van der Waals surface area (Å²) in [7, 11) is 0. The number of carbonyl (C=O) groups excluding carboxylic acids is 4. The highest BCUT2D eigenvalue weighted by molar-refractivity contribution is 14.1. The summed E-state index contributed by atoms with van der Waals surface area (Å²) in [6.45, 7) is 4.92. The Balaban J connectivity index is 1.37. The molecule has 292 valence electrons. The third-order valence-electron chi connectivity index (χ3n) is 11.5. The SMILES string of the molecule is CCCCCCN1C(=O)c2ccc3c4ccc5c6c(cc(Oc7ccc(I)cc7)c(c7c(Oc8ccc(I)cc8)cc(c2c37)C1=O)c64)C(=O)N(CCCCCC)C5=O. The smallest absolute Gasteiger partial charge is 0.261 e. The molecular formula is C48H40I2N2O6. The van der Waals surface area contributed by atoms with Crippen molar-refractivity contribution >= 4 is 112 Å². The van der Waals surface area contributed by atoms with Crippen molar-refractivity contribution in [3.05, 3.63) is 114 Å². The number of rotatable bonds is 14. The van der Waals surface area contributed by atoms with E-state index in [0.29, 0.717) is 90.7 Å². The maximum absolute atomic E-state index is 14.5. The van der Waals surface area contributed by atoms with Crippen LogP contribution in [0.4, 0.5) is 0 Å². The van der Waals surface area contributed by atoms with Crippen LogP contribution in [0.2, 0.25) is 0 Å². The number of nitrogens with zero attached hydrogens (tertiary/aromatic N) is 2. The molecule has 0 saturated heterocycles. The molecule has 2 aliphatic rings. The molecular weight excluding hydrogens is 954 g/mol. The molecule has 58 heavy (non-hydrogen) atoms. The van der Waals surface area contributed by atoms with Gasteiger partial charge in [-0.15, -0.1) is 0 Å². The minimum atomic E-state index is -0.355. The zero-order valence-corrected chi connectivity index (χ0v) is 36.6. The van der Waals surface area contributed by atoms with E-state index in [9.17, 15) is 19.2 Å². The van der Waals surface area contributed by atoms with Crippen LogP contribution in [0.15, 0.2) is 84.9 Å². The zero-order chi connectivity index (χ0) is 40.2. The van der Waals surface area contributed by atoms with Gasteiger partial charge in [-0.05, 0) is 142 Å². The van der Waals surface area contributed by atoms with E-state index in [0.717, 1.165) is 69.3 Å². The van der Waals surface area contributed by atoms with Gasteiger partial charge in [0.15, 0.2) is 0 Å². The standard InChI is InChI=1S/C48H40I2N2O6/c1-3-5-7-9-23-51-45(53)33-21-19-31-32-20-22-34-40-36(48(56)52(46(34)54)24-10-8-6-4-2)26-38(58-30-17-13-28(50)14-18-30)44(42(32)40)43-37(57-29-15-11-27(49)12-16-29)25-35(47(51)55)39(33)41(31)43/h11-22,25-26H,3-10,23-24H2,1-2H3. The second-order valence-corrected chi connectivity index (χ2v) is 17.7. The Bertz CT molecular complexity index is 2620. The average Bonchev–Trinajstić information content (AvgIpc) is 3.23. The highest BCUT2D eigenvalue weighted by Crippen LogP contribution is 2.53. The van der Waals surface area contributed by atoms with Crippen molar-refractivity contribution in [2.24, 2.45) is 0 Å². The van der Waals surface area contributed by atoms with Crippen molar-refractivity contribution in [3.8, 4) is 23.0 Å². The number of unbranched alkanes of at least 4 members (excludes halogenated alkanes) is 6. The summed E-state index contributed by atoms with van der Waals surface area (Å²) >= 11 is 4.50. The van der Waals surface area contributed by atoms with E-state index in [1.165, 1.54) is 9.80 Å². The van der Waals surface area contributed by atoms with Crippen molar-refractivity contribution in [2.45, 2.75) is 65.2 Å². The summed E-state index contributed by atoms with van der Waals surface area (Å²) < 4.78 is 15.7. The highest BCUT2D eigenvalue weighted by atomic mass is 127. The average molecular weight is 995 g/mol. The molecule has 0 aromatic heterocycles. The van der Waals surface area contributed by atoms with Gasteiger partial charge in [-0.2, -0.15) is 0 Å². The first kappa shape index (κ1) is 38.7. The molecule has 2 aliphatic heterocycles. The summed E-state index contributed by atoms with van der Waals surface area (Å²) in [4.78, 5) is 60.4. The third kappa shape index (κ3) is 6.47. The van der Waals surface area contributed by atoms with E-state index in [1.54, 1.807) is 12.1 Å². The zero-order valence-electron chi connectivity index (χ0n) is 32.3. The Morgan fingerprint density at radius 1 is 0.431 bits per heavy atom. The normalized spacial score (nSPS) is 13.9. The molecule has 0 bridgehead atoms. The van der Waals surface area contributed by atoms with Crippen molar-refractivity contribution in [2.75, 3.05) is 13.1 Å². The molecule has 8 nitrogen and oxygen atoms in total. The number of fused-ring (bicyclic) bond motifs is 2. The lowest BCUT2D eigenvalue weighted by Crippen LogP contribution is -2.41. The molecule has 0 saturated carbocycles. The van der Waals surface area contributed by atoms with Gasteiger partial charge in [0, 0.05) is 63.7 Å². The lowest BCUT2D eigenvalue weighted by Gasteiger charge is -2.31. The first-order chi connectivity index (χ1) is 28.2. The predicted molar refractivity (Wildman–Crippen MR) is 245 cm³/mol. The van der Waals surface area contributed by atoms with E-state index < -0.39 is 0 Å².